The van der Waals surface area contributed by atoms with Gasteiger partial charge in [-0.3, -0.25) is 9.59 Å². The standard InChI is InChI=1S/C20H29N3O2S2/c24-19(16-12-26-13-23(16)20(25)14-6-1-2-7-14)21-11-5-10-18-22-15-8-3-4-9-17(15)27-18/h14,16H,1-13H2,(H,21,24). The summed E-state index contributed by atoms with van der Waals surface area (Å²) >= 11 is 3.55. The molecule has 148 valence electrons. The van der Waals surface area contributed by atoms with Gasteiger partial charge in [0.15, 0.2) is 0 Å². The summed E-state index contributed by atoms with van der Waals surface area (Å²) in [6.07, 6.45) is 11.0. The van der Waals surface area contributed by atoms with Crippen molar-refractivity contribution in [1.29, 1.82) is 0 Å². The highest BCUT2D eigenvalue weighted by molar-refractivity contribution is 7.99. The topological polar surface area (TPSA) is 62.3 Å². The molecule has 4 rings (SSSR count). The molecule has 1 aromatic rings. The Morgan fingerprint density at radius 2 is 1.96 bits per heavy atom. The van der Waals surface area contributed by atoms with Crippen LogP contribution < -0.4 is 5.32 Å². The molecule has 2 heterocycles. The Balaban J connectivity index is 1.22. The van der Waals surface area contributed by atoms with E-state index < -0.39 is 0 Å². The number of thioether (sulfide) groups is 1. The minimum Gasteiger partial charge on any atom is -0.354 e. The van der Waals surface area contributed by atoms with Gasteiger partial charge < -0.3 is 10.2 Å². The quantitative estimate of drug-likeness (QED) is 0.736. The van der Waals surface area contributed by atoms with E-state index in [9.17, 15) is 9.59 Å². The molecular formula is C20H29N3O2S2. The van der Waals surface area contributed by atoms with Gasteiger partial charge in [-0.1, -0.05) is 12.8 Å². The van der Waals surface area contributed by atoms with Crippen LogP contribution in [0, 0.1) is 5.92 Å². The Morgan fingerprint density at radius 1 is 1.15 bits per heavy atom. The fraction of sp³-hybridized carbons (Fsp3) is 0.750. The second kappa shape index (κ2) is 8.95. The van der Waals surface area contributed by atoms with Crippen molar-refractivity contribution in [1.82, 2.24) is 15.2 Å². The highest BCUT2D eigenvalue weighted by atomic mass is 32.2. The molecule has 1 unspecified atom stereocenters. The molecule has 27 heavy (non-hydrogen) atoms. The predicted octanol–water partition coefficient (Wildman–Crippen LogP) is 3.16. The van der Waals surface area contributed by atoms with Gasteiger partial charge in [0.2, 0.25) is 11.8 Å². The van der Waals surface area contributed by atoms with Gasteiger partial charge in [0.05, 0.1) is 16.6 Å². The van der Waals surface area contributed by atoms with E-state index in [2.05, 4.69) is 5.32 Å². The summed E-state index contributed by atoms with van der Waals surface area (Å²) in [4.78, 5) is 33.4. The lowest BCUT2D eigenvalue weighted by Gasteiger charge is -2.25. The maximum absolute atomic E-state index is 12.7. The fourth-order valence-electron chi connectivity index (χ4n) is 4.37. The molecule has 3 aliphatic rings. The molecule has 7 heteroatoms. The Bertz CT molecular complexity index is 661. The first-order valence-corrected chi connectivity index (χ1v) is 12.3. The largest absolute Gasteiger partial charge is 0.354 e. The van der Waals surface area contributed by atoms with Crippen LogP contribution >= 0.6 is 23.1 Å². The number of nitrogens with zero attached hydrogens (tertiary/aromatic N) is 2. The van der Waals surface area contributed by atoms with Gasteiger partial charge in [-0.05, 0) is 44.9 Å². The van der Waals surface area contributed by atoms with Crippen molar-refractivity contribution in [2.24, 2.45) is 5.92 Å². The SMILES string of the molecule is O=C(NCCCc1nc2c(s1)CCCC2)C1CSCN1C(=O)C1CCCC1. The van der Waals surface area contributed by atoms with Crippen LogP contribution in [-0.2, 0) is 28.9 Å². The Labute approximate surface area is 169 Å². The number of aryl methyl sites for hydroxylation is 3. The lowest BCUT2D eigenvalue weighted by molar-refractivity contribution is -0.141. The van der Waals surface area contributed by atoms with Gasteiger partial charge >= 0.3 is 0 Å². The number of thiazole rings is 1. The Kier molecular flexibility index (Phi) is 6.38. The van der Waals surface area contributed by atoms with Crippen LogP contribution in [0.5, 0.6) is 0 Å². The number of rotatable bonds is 6. The van der Waals surface area contributed by atoms with Crippen molar-refractivity contribution in [3.8, 4) is 0 Å². The van der Waals surface area contributed by atoms with Crippen LogP contribution in [0.25, 0.3) is 0 Å². The van der Waals surface area contributed by atoms with Crippen molar-refractivity contribution < 1.29 is 9.59 Å². The summed E-state index contributed by atoms with van der Waals surface area (Å²) in [7, 11) is 0. The van der Waals surface area contributed by atoms with E-state index in [1.165, 1.54) is 34.8 Å². The molecule has 1 aromatic heterocycles. The molecule has 0 spiro atoms. The highest BCUT2D eigenvalue weighted by Gasteiger charge is 2.38. The van der Waals surface area contributed by atoms with Crippen molar-refractivity contribution >= 4 is 34.9 Å². The predicted molar refractivity (Wildman–Crippen MR) is 110 cm³/mol. The lowest BCUT2D eigenvalue weighted by Crippen LogP contribution is -2.49. The third-order valence-electron chi connectivity index (χ3n) is 5.93. The maximum atomic E-state index is 12.7. The molecule has 2 amide bonds. The van der Waals surface area contributed by atoms with Crippen LogP contribution in [0.4, 0.5) is 0 Å². The molecule has 0 aromatic carbocycles. The summed E-state index contributed by atoms with van der Waals surface area (Å²) in [5.74, 6) is 1.76. The molecule has 5 nitrogen and oxygen atoms in total. The maximum Gasteiger partial charge on any atom is 0.243 e. The zero-order valence-electron chi connectivity index (χ0n) is 15.9. The van der Waals surface area contributed by atoms with Crippen LogP contribution in [0.2, 0.25) is 0 Å². The van der Waals surface area contributed by atoms with Crippen LogP contribution in [0.3, 0.4) is 0 Å². The summed E-state index contributed by atoms with van der Waals surface area (Å²) in [5.41, 5.74) is 1.31. The molecular weight excluding hydrogens is 378 g/mol. The molecule has 2 fully saturated rings. The van der Waals surface area contributed by atoms with Gasteiger partial charge in [-0.15, -0.1) is 23.1 Å². The van der Waals surface area contributed by atoms with Gasteiger partial charge in [0, 0.05) is 29.5 Å². The Hall–Kier alpha value is -1.08. The zero-order valence-corrected chi connectivity index (χ0v) is 17.5. The molecule has 0 radical (unpaired) electrons. The van der Waals surface area contributed by atoms with Crippen LogP contribution in [0.15, 0.2) is 0 Å². The van der Waals surface area contributed by atoms with Gasteiger partial charge in [-0.25, -0.2) is 4.98 Å². The van der Waals surface area contributed by atoms with Crippen molar-refractivity contribution in [2.75, 3.05) is 18.2 Å². The summed E-state index contributed by atoms with van der Waals surface area (Å²) in [5, 5.41) is 4.28. The first kappa shape index (κ1) is 19.2. The second-order valence-electron chi connectivity index (χ2n) is 7.88. The van der Waals surface area contributed by atoms with Crippen molar-refractivity contribution in [3.05, 3.63) is 15.6 Å². The molecule has 1 saturated carbocycles. The third kappa shape index (κ3) is 4.50. The zero-order chi connectivity index (χ0) is 18.6. The van der Waals surface area contributed by atoms with Gasteiger partial charge in [-0.2, -0.15) is 0 Å². The van der Waals surface area contributed by atoms with E-state index in [4.69, 9.17) is 4.98 Å². The molecule has 1 N–H and O–H groups in total. The molecule has 1 saturated heterocycles. The second-order valence-corrected chi connectivity index (χ2v) is 10.1. The van der Waals surface area contributed by atoms with Crippen LogP contribution in [-0.4, -0.2) is 45.9 Å². The number of fused-ring (bicyclic) bond motifs is 1. The first-order valence-electron chi connectivity index (χ1n) is 10.4. The summed E-state index contributed by atoms with van der Waals surface area (Å²) in [6.45, 7) is 0.662. The van der Waals surface area contributed by atoms with E-state index in [1.807, 2.05) is 16.2 Å². The summed E-state index contributed by atoms with van der Waals surface area (Å²) < 4.78 is 0. The Morgan fingerprint density at radius 3 is 2.78 bits per heavy atom. The monoisotopic (exact) mass is 407 g/mol. The number of hydrogen-bond donors (Lipinski definition) is 1. The van der Waals surface area contributed by atoms with Gasteiger partial charge in [0.25, 0.3) is 0 Å². The van der Waals surface area contributed by atoms with Gasteiger partial charge in [0.1, 0.15) is 6.04 Å². The minimum absolute atomic E-state index is 0.0183. The minimum atomic E-state index is -0.282. The van der Waals surface area contributed by atoms with Crippen LogP contribution in [0.1, 0.15) is 60.5 Å². The molecule has 0 bridgehead atoms. The molecule has 1 atom stereocenters. The highest BCUT2D eigenvalue weighted by Crippen LogP contribution is 2.31. The first-order chi connectivity index (χ1) is 13.2. The van der Waals surface area contributed by atoms with E-state index in [1.54, 1.807) is 11.8 Å². The number of amides is 2. The molecule has 2 aliphatic carbocycles. The smallest absolute Gasteiger partial charge is 0.243 e. The van der Waals surface area contributed by atoms with E-state index in [0.717, 1.165) is 50.7 Å². The number of carbonyl (C=O) groups excluding carboxylic acids is 2. The van der Waals surface area contributed by atoms with Crippen molar-refractivity contribution in [3.63, 3.8) is 0 Å². The average Bonchev–Trinajstić information content (AvgIpc) is 3.44. The normalized spacial score (nSPS) is 22.8. The summed E-state index contributed by atoms with van der Waals surface area (Å²) in [6, 6.07) is -0.282. The lowest BCUT2D eigenvalue weighted by atomic mass is 10.0. The third-order valence-corrected chi connectivity index (χ3v) is 8.16. The number of aromatic nitrogens is 1. The van der Waals surface area contributed by atoms with E-state index in [-0.39, 0.29) is 23.8 Å². The van der Waals surface area contributed by atoms with Crippen molar-refractivity contribution in [2.45, 2.75) is 70.3 Å². The molecule has 1 aliphatic heterocycles. The average molecular weight is 408 g/mol. The number of hydrogen-bond acceptors (Lipinski definition) is 5. The fourth-order valence-corrected chi connectivity index (χ4v) is 6.73. The van der Waals surface area contributed by atoms with E-state index in [0.29, 0.717) is 12.4 Å². The number of carbonyl (C=O) groups is 2. The van der Waals surface area contributed by atoms with E-state index >= 15 is 0 Å². The number of nitrogens with one attached hydrogen (secondary N) is 1.